The monoisotopic (exact) mass is 375 g/mol. The van der Waals surface area contributed by atoms with Crippen LogP contribution >= 0.6 is 35.0 Å². The fourth-order valence-corrected chi connectivity index (χ4v) is 3.00. The van der Waals surface area contributed by atoms with Crippen molar-refractivity contribution >= 4 is 58.2 Å². The fraction of sp³-hybridized carbons (Fsp3) is 0.214. The summed E-state index contributed by atoms with van der Waals surface area (Å²) >= 11 is 12.9. The van der Waals surface area contributed by atoms with E-state index in [0.717, 1.165) is 11.8 Å². The SMILES string of the molecule is CCOC(=O)COc1c(Cl)cc(C=C2SC(=O)NC2=O)cc1Cl. The van der Waals surface area contributed by atoms with Gasteiger partial charge in [-0.25, -0.2) is 4.79 Å². The lowest BCUT2D eigenvalue weighted by Gasteiger charge is -2.10. The minimum Gasteiger partial charge on any atom is -0.479 e. The number of hydrogen-bond acceptors (Lipinski definition) is 6. The lowest BCUT2D eigenvalue weighted by molar-refractivity contribution is -0.145. The maximum Gasteiger partial charge on any atom is 0.344 e. The molecule has 1 N–H and O–H groups in total. The molecule has 2 rings (SSSR count). The molecule has 6 nitrogen and oxygen atoms in total. The van der Waals surface area contributed by atoms with Crippen molar-refractivity contribution in [2.75, 3.05) is 13.2 Å². The van der Waals surface area contributed by atoms with Crippen molar-refractivity contribution in [1.29, 1.82) is 0 Å². The van der Waals surface area contributed by atoms with Crippen LogP contribution in [0.15, 0.2) is 17.0 Å². The first kappa shape index (κ1) is 17.7. The average molecular weight is 376 g/mol. The molecule has 0 bridgehead atoms. The van der Waals surface area contributed by atoms with Crippen LogP contribution in [0.5, 0.6) is 5.75 Å². The van der Waals surface area contributed by atoms with E-state index in [-0.39, 0.29) is 33.9 Å². The molecule has 1 aromatic carbocycles. The molecule has 2 amide bonds. The number of ether oxygens (including phenoxy) is 2. The van der Waals surface area contributed by atoms with E-state index in [1.807, 2.05) is 0 Å². The third-order valence-electron chi connectivity index (χ3n) is 2.60. The molecule has 122 valence electrons. The first-order valence-corrected chi connectivity index (χ1v) is 8.00. The van der Waals surface area contributed by atoms with Gasteiger partial charge in [-0.3, -0.25) is 14.9 Å². The normalized spacial score (nSPS) is 15.7. The second kappa shape index (κ2) is 7.72. The number of halogens is 2. The van der Waals surface area contributed by atoms with E-state index in [0.29, 0.717) is 5.56 Å². The third-order valence-corrected chi connectivity index (χ3v) is 3.97. The Morgan fingerprint density at radius 1 is 1.30 bits per heavy atom. The predicted molar refractivity (Wildman–Crippen MR) is 87.7 cm³/mol. The van der Waals surface area contributed by atoms with Crippen molar-refractivity contribution in [3.05, 3.63) is 32.6 Å². The van der Waals surface area contributed by atoms with E-state index in [4.69, 9.17) is 32.7 Å². The Balaban J connectivity index is 2.17. The van der Waals surface area contributed by atoms with Crippen molar-refractivity contribution in [3.8, 4) is 5.75 Å². The van der Waals surface area contributed by atoms with Crippen LogP contribution in [-0.4, -0.2) is 30.3 Å². The summed E-state index contributed by atoms with van der Waals surface area (Å²) in [5.74, 6) is -0.874. The molecule has 23 heavy (non-hydrogen) atoms. The zero-order valence-electron chi connectivity index (χ0n) is 11.9. The van der Waals surface area contributed by atoms with E-state index in [1.54, 1.807) is 6.92 Å². The summed E-state index contributed by atoms with van der Waals surface area (Å²) in [6.07, 6.45) is 1.48. The van der Waals surface area contributed by atoms with Crippen LogP contribution in [0.3, 0.4) is 0 Å². The van der Waals surface area contributed by atoms with Gasteiger partial charge in [-0.2, -0.15) is 0 Å². The highest BCUT2D eigenvalue weighted by molar-refractivity contribution is 8.18. The van der Waals surface area contributed by atoms with Crippen molar-refractivity contribution in [2.24, 2.45) is 0 Å². The average Bonchev–Trinajstić information content (AvgIpc) is 2.76. The van der Waals surface area contributed by atoms with Crippen LogP contribution in [0.25, 0.3) is 6.08 Å². The molecule has 1 aliphatic heterocycles. The number of benzene rings is 1. The number of imide groups is 1. The van der Waals surface area contributed by atoms with Gasteiger partial charge in [-0.1, -0.05) is 23.2 Å². The molecule has 1 saturated heterocycles. The summed E-state index contributed by atoms with van der Waals surface area (Å²) in [7, 11) is 0. The largest absolute Gasteiger partial charge is 0.479 e. The predicted octanol–water partition coefficient (Wildman–Crippen LogP) is 3.26. The van der Waals surface area contributed by atoms with Crippen molar-refractivity contribution in [1.82, 2.24) is 5.32 Å². The molecule has 0 saturated carbocycles. The minimum atomic E-state index is -0.539. The van der Waals surface area contributed by atoms with Crippen LogP contribution in [-0.2, 0) is 14.3 Å². The summed E-state index contributed by atoms with van der Waals surface area (Å²) in [5.41, 5.74) is 0.524. The Bertz CT molecular complexity index is 681. The topological polar surface area (TPSA) is 81.7 Å². The van der Waals surface area contributed by atoms with Crippen LogP contribution in [0.4, 0.5) is 4.79 Å². The lowest BCUT2D eigenvalue weighted by atomic mass is 10.2. The van der Waals surface area contributed by atoms with Gasteiger partial charge in [0, 0.05) is 0 Å². The second-order valence-corrected chi connectivity index (χ2v) is 6.09. The molecule has 1 fully saturated rings. The number of amides is 2. The minimum absolute atomic E-state index is 0.142. The summed E-state index contributed by atoms with van der Waals surface area (Å²) in [6.45, 7) is 1.61. The van der Waals surface area contributed by atoms with Gasteiger partial charge in [0.1, 0.15) is 0 Å². The van der Waals surface area contributed by atoms with Gasteiger partial charge in [0.15, 0.2) is 12.4 Å². The van der Waals surface area contributed by atoms with Gasteiger partial charge >= 0.3 is 5.97 Å². The van der Waals surface area contributed by atoms with Crippen LogP contribution < -0.4 is 10.1 Å². The van der Waals surface area contributed by atoms with Crippen LogP contribution in [0.2, 0.25) is 10.0 Å². The number of hydrogen-bond donors (Lipinski definition) is 1. The summed E-state index contributed by atoms with van der Waals surface area (Å²) in [6, 6.07) is 3.02. The highest BCUT2D eigenvalue weighted by Gasteiger charge is 2.25. The molecule has 0 atom stereocenters. The van der Waals surface area contributed by atoms with Gasteiger partial charge in [-0.15, -0.1) is 0 Å². The maximum absolute atomic E-state index is 11.5. The van der Waals surface area contributed by atoms with Gasteiger partial charge in [-0.05, 0) is 42.5 Å². The summed E-state index contributed by atoms with van der Waals surface area (Å²) in [4.78, 5) is 34.1. The molecule has 1 aromatic rings. The van der Waals surface area contributed by atoms with E-state index < -0.39 is 17.1 Å². The molecule has 9 heteroatoms. The van der Waals surface area contributed by atoms with Gasteiger partial charge in [0.2, 0.25) is 0 Å². The van der Waals surface area contributed by atoms with E-state index in [9.17, 15) is 14.4 Å². The quantitative estimate of drug-likeness (QED) is 0.628. The zero-order chi connectivity index (χ0) is 17.0. The lowest BCUT2D eigenvalue weighted by Crippen LogP contribution is -2.17. The standard InChI is InChI=1S/C14H11Cl2NO5S/c1-2-21-11(18)6-22-12-8(15)3-7(4-9(12)16)5-10-13(19)17-14(20)23-10/h3-5H,2,6H2,1H3,(H,17,19,20). The van der Waals surface area contributed by atoms with Crippen LogP contribution in [0.1, 0.15) is 12.5 Å². The molecule has 1 aliphatic rings. The maximum atomic E-state index is 11.5. The number of carbonyl (C=O) groups is 3. The Morgan fingerprint density at radius 3 is 2.48 bits per heavy atom. The summed E-state index contributed by atoms with van der Waals surface area (Å²) < 4.78 is 9.99. The highest BCUT2D eigenvalue weighted by Crippen LogP contribution is 2.36. The number of carbonyl (C=O) groups excluding carboxylic acids is 3. The fourth-order valence-electron chi connectivity index (χ4n) is 1.71. The van der Waals surface area contributed by atoms with E-state index in [1.165, 1.54) is 18.2 Å². The van der Waals surface area contributed by atoms with E-state index in [2.05, 4.69) is 5.32 Å². The highest BCUT2D eigenvalue weighted by atomic mass is 35.5. The third kappa shape index (κ3) is 4.63. The first-order chi connectivity index (χ1) is 10.9. The van der Waals surface area contributed by atoms with Gasteiger partial charge in [0.25, 0.3) is 11.1 Å². The number of rotatable bonds is 5. The Labute approximate surface area is 146 Å². The van der Waals surface area contributed by atoms with Gasteiger partial charge < -0.3 is 9.47 Å². The number of thioether (sulfide) groups is 1. The molecular weight excluding hydrogens is 365 g/mol. The second-order valence-electron chi connectivity index (χ2n) is 4.26. The Morgan fingerprint density at radius 2 is 1.96 bits per heavy atom. The molecule has 0 unspecified atom stereocenters. The van der Waals surface area contributed by atoms with Gasteiger partial charge in [0.05, 0.1) is 21.6 Å². The molecular formula is C14H11Cl2NO5S. The molecule has 1 heterocycles. The number of esters is 1. The molecule has 0 aliphatic carbocycles. The Kier molecular flexibility index (Phi) is 5.92. The molecule has 0 spiro atoms. The molecule has 0 radical (unpaired) electrons. The van der Waals surface area contributed by atoms with Crippen molar-refractivity contribution in [2.45, 2.75) is 6.92 Å². The number of nitrogens with one attached hydrogen (secondary N) is 1. The Hall–Kier alpha value is -1.70. The van der Waals surface area contributed by atoms with E-state index >= 15 is 0 Å². The van der Waals surface area contributed by atoms with Crippen molar-refractivity contribution < 1.29 is 23.9 Å². The summed E-state index contributed by atoms with van der Waals surface area (Å²) in [5, 5.41) is 2.05. The van der Waals surface area contributed by atoms with Crippen LogP contribution in [0, 0.1) is 0 Å². The zero-order valence-corrected chi connectivity index (χ0v) is 14.2. The molecule has 0 aromatic heterocycles. The first-order valence-electron chi connectivity index (χ1n) is 6.43. The van der Waals surface area contributed by atoms with Crippen molar-refractivity contribution in [3.63, 3.8) is 0 Å². The smallest absolute Gasteiger partial charge is 0.344 e.